The molecule has 0 saturated carbocycles. The summed E-state index contributed by atoms with van der Waals surface area (Å²) < 4.78 is 15.7. The lowest BCUT2D eigenvalue weighted by atomic mass is 10.2. The first-order valence-corrected chi connectivity index (χ1v) is 5.85. The van der Waals surface area contributed by atoms with Crippen molar-refractivity contribution in [2.75, 3.05) is 14.2 Å². The van der Waals surface area contributed by atoms with Crippen LogP contribution in [0, 0.1) is 0 Å². The van der Waals surface area contributed by atoms with E-state index in [1.165, 1.54) is 13.4 Å². The molecule has 0 aliphatic rings. The smallest absolute Gasteiger partial charge is 0.297 e. The summed E-state index contributed by atoms with van der Waals surface area (Å²) in [7, 11) is 2.92. The first-order valence-electron chi connectivity index (χ1n) is 5.85. The Hall–Kier alpha value is -2.54. The summed E-state index contributed by atoms with van der Waals surface area (Å²) in [6.07, 6.45) is 1.24. The molecule has 0 amide bonds. The van der Waals surface area contributed by atoms with Crippen LogP contribution >= 0.6 is 0 Å². The van der Waals surface area contributed by atoms with Crippen LogP contribution in [0.4, 0.5) is 0 Å². The Kier molecular flexibility index (Phi) is 4.21. The summed E-state index contributed by atoms with van der Waals surface area (Å²) in [5, 5.41) is 0. The lowest BCUT2D eigenvalue weighted by Crippen LogP contribution is -2.11. The molecule has 0 aliphatic carbocycles. The summed E-state index contributed by atoms with van der Waals surface area (Å²) in [5.74, 6) is 1.14. The van der Waals surface area contributed by atoms with Crippen LogP contribution in [0.1, 0.15) is 5.56 Å². The summed E-state index contributed by atoms with van der Waals surface area (Å²) in [5.41, 5.74) is 6.03. The highest BCUT2D eigenvalue weighted by Crippen LogP contribution is 2.29. The minimum absolute atomic E-state index is 0.00428. The quantitative estimate of drug-likeness (QED) is 0.847. The number of hydrogen-bond acceptors (Lipinski definition) is 6. The number of aromatic amines is 1. The summed E-state index contributed by atoms with van der Waals surface area (Å²) in [4.78, 5) is 17.9. The van der Waals surface area contributed by atoms with Crippen LogP contribution in [0.2, 0.25) is 0 Å². The molecule has 0 atom stereocenters. The van der Waals surface area contributed by atoms with E-state index < -0.39 is 5.56 Å². The van der Waals surface area contributed by atoms with E-state index >= 15 is 0 Å². The lowest BCUT2D eigenvalue weighted by molar-refractivity contribution is 0.360. The van der Waals surface area contributed by atoms with Gasteiger partial charge in [0.05, 0.1) is 20.5 Å². The first kappa shape index (κ1) is 13.9. The molecule has 0 unspecified atom stereocenters. The van der Waals surface area contributed by atoms with Gasteiger partial charge in [-0.15, -0.1) is 0 Å². The van der Waals surface area contributed by atoms with E-state index in [0.29, 0.717) is 18.0 Å². The Morgan fingerprint density at radius 3 is 2.60 bits per heavy atom. The number of ether oxygens (including phenoxy) is 3. The van der Waals surface area contributed by atoms with Gasteiger partial charge in [0.25, 0.3) is 11.4 Å². The van der Waals surface area contributed by atoms with Gasteiger partial charge in [0.15, 0.2) is 0 Å². The molecule has 0 spiro atoms. The number of H-pyrrole nitrogens is 1. The molecule has 0 radical (unpaired) electrons. The van der Waals surface area contributed by atoms with Crippen LogP contribution in [-0.4, -0.2) is 24.2 Å². The van der Waals surface area contributed by atoms with E-state index in [4.69, 9.17) is 19.9 Å². The fourth-order valence-electron chi connectivity index (χ4n) is 1.66. The standard InChI is InChI=1S/C13H15N3O4/c1-18-9-3-8(6-14)4-10(5-9)20-13-11(19-2)12(17)15-7-16-13/h3-5,7H,6,14H2,1-2H3,(H,15,16,17). The first-order chi connectivity index (χ1) is 9.67. The van der Waals surface area contributed by atoms with Crippen LogP contribution in [-0.2, 0) is 6.54 Å². The summed E-state index contributed by atoms with van der Waals surface area (Å²) >= 11 is 0. The van der Waals surface area contributed by atoms with Gasteiger partial charge in [0, 0.05) is 12.6 Å². The third-order valence-electron chi connectivity index (χ3n) is 2.61. The van der Waals surface area contributed by atoms with Crippen molar-refractivity contribution in [1.29, 1.82) is 0 Å². The van der Waals surface area contributed by atoms with Crippen LogP contribution in [0.25, 0.3) is 0 Å². The van der Waals surface area contributed by atoms with E-state index in [9.17, 15) is 4.79 Å². The maximum Gasteiger partial charge on any atom is 0.297 e. The van der Waals surface area contributed by atoms with Crippen LogP contribution in [0.3, 0.4) is 0 Å². The number of nitrogens with two attached hydrogens (primary N) is 1. The van der Waals surface area contributed by atoms with Crippen LogP contribution < -0.4 is 25.5 Å². The van der Waals surface area contributed by atoms with Gasteiger partial charge < -0.3 is 24.9 Å². The van der Waals surface area contributed by atoms with Crippen molar-refractivity contribution in [3.8, 4) is 23.1 Å². The molecule has 1 aromatic heterocycles. The number of benzene rings is 1. The molecule has 106 valence electrons. The SMILES string of the molecule is COc1cc(CN)cc(Oc2nc[nH]c(=O)c2OC)c1. The van der Waals surface area contributed by atoms with Gasteiger partial charge in [0.2, 0.25) is 5.75 Å². The summed E-state index contributed by atoms with van der Waals surface area (Å²) in [6.45, 7) is 0.341. The van der Waals surface area contributed by atoms with Gasteiger partial charge in [-0.25, -0.2) is 4.98 Å². The average molecular weight is 277 g/mol. The Balaban J connectivity index is 2.39. The molecule has 1 aromatic carbocycles. The molecular weight excluding hydrogens is 262 g/mol. The van der Waals surface area contributed by atoms with Crippen molar-refractivity contribution in [3.63, 3.8) is 0 Å². The minimum atomic E-state index is -0.417. The highest BCUT2D eigenvalue weighted by atomic mass is 16.5. The van der Waals surface area contributed by atoms with E-state index in [0.717, 1.165) is 5.56 Å². The molecule has 7 nitrogen and oxygen atoms in total. The fraction of sp³-hybridized carbons (Fsp3) is 0.231. The van der Waals surface area contributed by atoms with E-state index in [2.05, 4.69) is 9.97 Å². The summed E-state index contributed by atoms with van der Waals surface area (Å²) in [6, 6.07) is 5.21. The zero-order chi connectivity index (χ0) is 14.5. The Bertz CT molecular complexity index is 632. The molecule has 2 aromatic rings. The van der Waals surface area contributed by atoms with Gasteiger partial charge in [-0.1, -0.05) is 0 Å². The van der Waals surface area contributed by atoms with Crippen LogP contribution in [0.5, 0.6) is 23.1 Å². The predicted octanol–water partition coefficient (Wildman–Crippen LogP) is 1.04. The average Bonchev–Trinajstić information content (AvgIpc) is 2.47. The third-order valence-corrected chi connectivity index (χ3v) is 2.61. The molecule has 0 aliphatic heterocycles. The molecule has 20 heavy (non-hydrogen) atoms. The predicted molar refractivity (Wildman–Crippen MR) is 72.4 cm³/mol. The molecular formula is C13H15N3O4. The molecule has 3 N–H and O–H groups in total. The Morgan fingerprint density at radius 2 is 1.95 bits per heavy atom. The number of nitrogens with one attached hydrogen (secondary N) is 1. The topological polar surface area (TPSA) is 99.5 Å². The van der Waals surface area contributed by atoms with Gasteiger partial charge >= 0.3 is 0 Å². The van der Waals surface area contributed by atoms with Crippen molar-refractivity contribution in [2.45, 2.75) is 6.54 Å². The van der Waals surface area contributed by atoms with Crippen molar-refractivity contribution >= 4 is 0 Å². The molecule has 7 heteroatoms. The van der Waals surface area contributed by atoms with Gasteiger partial charge in [-0.05, 0) is 17.7 Å². The highest BCUT2D eigenvalue weighted by Gasteiger charge is 2.12. The third kappa shape index (κ3) is 2.89. The van der Waals surface area contributed by atoms with Crippen molar-refractivity contribution in [3.05, 3.63) is 40.4 Å². The van der Waals surface area contributed by atoms with E-state index in [-0.39, 0.29) is 11.6 Å². The van der Waals surface area contributed by atoms with Gasteiger partial charge in [-0.2, -0.15) is 0 Å². The molecule has 0 bridgehead atoms. The molecule has 0 fully saturated rings. The largest absolute Gasteiger partial charge is 0.497 e. The van der Waals surface area contributed by atoms with Crippen molar-refractivity contribution in [2.24, 2.45) is 5.73 Å². The van der Waals surface area contributed by atoms with Crippen molar-refractivity contribution in [1.82, 2.24) is 9.97 Å². The Morgan fingerprint density at radius 1 is 1.20 bits per heavy atom. The van der Waals surface area contributed by atoms with Gasteiger partial charge in [-0.3, -0.25) is 4.79 Å². The number of aromatic nitrogens is 2. The fourth-order valence-corrected chi connectivity index (χ4v) is 1.66. The zero-order valence-corrected chi connectivity index (χ0v) is 11.2. The lowest BCUT2D eigenvalue weighted by Gasteiger charge is -2.10. The molecule has 2 rings (SSSR count). The monoisotopic (exact) mass is 277 g/mol. The second kappa shape index (κ2) is 6.07. The maximum atomic E-state index is 11.6. The maximum absolute atomic E-state index is 11.6. The molecule has 1 heterocycles. The second-order valence-electron chi connectivity index (χ2n) is 3.89. The Labute approximate surface area is 115 Å². The van der Waals surface area contributed by atoms with Crippen LogP contribution in [0.15, 0.2) is 29.3 Å². The van der Waals surface area contributed by atoms with Crippen molar-refractivity contribution < 1.29 is 14.2 Å². The zero-order valence-electron chi connectivity index (χ0n) is 11.2. The number of nitrogens with zero attached hydrogens (tertiary/aromatic N) is 1. The minimum Gasteiger partial charge on any atom is -0.497 e. The van der Waals surface area contributed by atoms with E-state index in [1.54, 1.807) is 25.3 Å². The highest BCUT2D eigenvalue weighted by molar-refractivity contribution is 5.42. The number of rotatable bonds is 5. The normalized spacial score (nSPS) is 10.2. The number of hydrogen-bond donors (Lipinski definition) is 2. The second-order valence-corrected chi connectivity index (χ2v) is 3.89. The number of methoxy groups -OCH3 is 2. The molecule has 0 saturated heterocycles. The van der Waals surface area contributed by atoms with Gasteiger partial charge in [0.1, 0.15) is 11.5 Å². The van der Waals surface area contributed by atoms with E-state index in [1.807, 2.05) is 0 Å².